The Morgan fingerprint density at radius 1 is 1.00 bits per heavy atom. The van der Waals surface area contributed by atoms with Crippen LogP contribution in [0.3, 0.4) is 0 Å². The van der Waals surface area contributed by atoms with Crippen LogP contribution in [0.15, 0.2) is 54.9 Å². The zero-order valence-corrected chi connectivity index (χ0v) is 12.6. The maximum Gasteiger partial charge on any atom is 0.0746 e. The number of halogens is 2. The Morgan fingerprint density at radius 3 is 2.62 bits per heavy atom. The molecule has 21 heavy (non-hydrogen) atoms. The smallest absolute Gasteiger partial charge is 0.0746 e. The average molecular weight is 318 g/mol. The quantitative estimate of drug-likeness (QED) is 0.565. The molecule has 0 aliphatic rings. The van der Waals surface area contributed by atoms with Crippen molar-refractivity contribution < 1.29 is 0 Å². The summed E-state index contributed by atoms with van der Waals surface area (Å²) in [6, 6.07) is 13.1. The topological polar surface area (TPSA) is 50.9 Å². The van der Waals surface area contributed by atoms with Crippen molar-refractivity contribution in [3.8, 4) is 0 Å². The molecule has 0 aliphatic heterocycles. The summed E-state index contributed by atoms with van der Waals surface area (Å²) in [7, 11) is 0. The molecule has 0 aliphatic carbocycles. The van der Waals surface area contributed by atoms with Gasteiger partial charge in [0, 0.05) is 33.4 Å². The molecular weight excluding hydrogens is 305 g/mol. The minimum atomic E-state index is -0.283. The first-order valence-corrected chi connectivity index (χ1v) is 7.20. The van der Waals surface area contributed by atoms with E-state index in [1.807, 2.05) is 36.5 Å². The van der Waals surface area contributed by atoms with Gasteiger partial charge in [-0.1, -0.05) is 47.5 Å². The summed E-state index contributed by atoms with van der Waals surface area (Å²) < 4.78 is 0. The molecule has 3 nitrogen and oxygen atoms in total. The molecule has 3 rings (SSSR count). The number of fused-ring (bicyclic) bond motifs is 1. The van der Waals surface area contributed by atoms with Gasteiger partial charge in [-0.3, -0.25) is 10.8 Å². The highest BCUT2D eigenvalue weighted by molar-refractivity contribution is 6.33. The third-order valence-corrected chi connectivity index (χ3v) is 4.03. The van der Waals surface area contributed by atoms with Gasteiger partial charge >= 0.3 is 0 Å². The first-order valence-electron chi connectivity index (χ1n) is 6.44. The van der Waals surface area contributed by atoms with Crippen LogP contribution in [0.1, 0.15) is 17.2 Å². The summed E-state index contributed by atoms with van der Waals surface area (Å²) >= 11 is 12.4. The fourth-order valence-electron chi connectivity index (χ4n) is 2.45. The van der Waals surface area contributed by atoms with Crippen molar-refractivity contribution in [2.75, 3.05) is 0 Å². The van der Waals surface area contributed by atoms with E-state index in [-0.39, 0.29) is 6.04 Å². The Hall–Kier alpha value is -1.65. The standard InChI is InChI=1S/C16H13Cl2N3/c17-11-5-6-15(18)13(7-11)16(21-19)14-9-20-8-10-3-1-2-4-12(10)14/h1-9,16,21H,19H2. The monoisotopic (exact) mass is 317 g/mol. The van der Waals surface area contributed by atoms with E-state index >= 15 is 0 Å². The molecule has 1 unspecified atom stereocenters. The summed E-state index contributed by atoms with van der Waals surface area (Å²) in [4.78, 5) is 4.29. The number of pyridine rings is 1. The Morgan fingerprint density at radius 2 is 1.81 bits per heavy atom. The highest BCUT2D eigenvalue weighted by Crippen LogP contribution is 2.33. The minimum absolute atomic E-state index is 0.283. The van der Waals surface area contributed by atoms with Crippen molar-refractivity contribution in [3.05, 3.63) is 76.0 Å². The molecule has 0 bridgehead atoms. The fraction of sp³-hybridized carbons (Fsp3) is 0.0625. The van der Waals surface area contributed by atoms with E-state index in [1.165, 1.54) is 0 Å². The van der Waals surface area contributed by atoms with Gasteiger partial charge in [0.2, 0.25) is 0 Å². The minimum Gasteiger partial charge on any atom is -0.271 e. The number of hydrogen-bond acceptors (Lipinski definition) is 3. The average Bonchev–Trinajstić information content (AvgIpc) is 2.51. The largest absolute Gasteiger partial charge is 0.271 e. The predicted octanol–water partition coefficient (Wildman–Crippen LogP) is 4.09. The van der Waals surface area contributed by atoms with Gasteiger partial charge in [0.25, 0.3) is 0 Å². The second-order valence-electron chi connectivity index (χ2n) is 4.72. The highest BCUT2D eigenvalue weighted by Gasteiger charge is 2.18. The van der Waals surface area contributed by atoms with Crippen LogP contribution < -0.4 is 11.3 Å². The van der Waals surface area contributed by atoms with Gasteiger partial charge in [0.15, 0.2) is 0 Å². The Labute approximate surface area is 132 Å². The molecule has 2 aromatic carbocycles. The molecule has 0 spiro atoms. The second-order valence-corrected chi connectivity index (χ2v) is 5.56. The van der Waals surface area contributed by atoms with Gasteiger partial charge in [0.1, 0.15) is 0 Å². The fourth-order valence-corrected chi connectivity index (χ4v) is 2.86. The van der Waals surface area contributed by atoms with Gasteiger partial charge in [0.05, 0.1) is 6.04 Å². The van der Waals surface area contributed by atoms with Gasteiger partial charge in [-0.15, -0.1) is 0 Å². The SMILES string of the molecule is NNC(c1cc(Cl)ccc1Cl)c1cncc2ccccc12. The maximum absolute atomic E-state index is 6.30. The molecule has 0 fully saturated rings. The lowest BCUT2D eigenvalue weighted by molar-refractivity contribution is 0.639. The Kier molecular flexibility index (Phi) is 4.08. The number of hydrazine groups is 1. The molecule has 3 aromatic rings. The van der Waals surface area contributed by atoms with Crippen molar-refractivity contribution in [1.29, 1.82) is 0 Å². The zero-order valence-electron chi connectivity index (χ0n) is 11.1. The molecule has 1 atom stereocenters. The molecule has 0 amide bonds. The Balaban J connectivity index is 2.21. The van der Waals surface area contributed by atoms with E-state index in [0.717, 1.165) is 21.9 Å². The van der Waals surface area contributed by atoms with Crippen LogP contribution >= 0.6 is 23.2 Å². The zero-order chi connectivity index (χ0) is 14.8. The molecule has 0 saturated carbocycles. The summed E-state index contributed by atoms with van der Waals surface area (Å²) in [5.41, 5.74) is 4.59. The molecule has 0 saturated heterocycles. The molecule has 3 N–H and O–H groups in total. The van der Waals surface area contributed by atoms with Crippen molar-refractivity contribution in [3.63, 3.8) is 0 Å². The number of hydrogen-bond donors (Lipinski definition) is 2. The summed E-state index contributed by atoms with van der Waals surface area (Å²) in [5, 5.41) is 3.35. The molecule has 1 heterocycles. The maximum atomic E-state index is 6.30. The third-order valence-electron chi connectivity index (χ3n) is 3.45. The van der Waals surface area contributed by atoms with Crippen molar-refractivity contribution >= 4 is 34.0 Å². The van der Waals surface area contributed by atoms with Crippen molar-refractivity contribution in [2.45, 2.75) is 6.04 Å². The van der Waals surface area contributed by atoms with Crippen LogP contribution in [-0.4, -0.2) is 4.98 Å². The van der Waals surface area contributed by atoms with Crippen LogP contribution in [-0.2, 0) is 0 Å². The van der Waals surface area contributed by atoms with E-state index in [1.54, 1.807) is 18.3 Å². The van der Waals surface area contributed by atoms with Gasteiger partial charge in [-0.2, -0.15) is 0 Å². The van der Waals surface area contributed by atoms with Gasteiger partial charge in [-0.25, -0.2) is 5.43 Å². The number of aromatic nitrogens is 1. The van der Waals surface area contributed by atoms with Gasteiger partial charge in [-0.05, 0) is 29.1 Å². The molecule has 106 valence electrons. The number of rotatable bonds is 3. The van der Waals surface area contributed by atoms with Crippen LogP contribution in [0, 0.1) is 0 Å². The molecule has 1 aromatic heterocycles. The van der Waals surface area contributed by atoms with Crippen molar-refractivity contribution in [2.24, 2.45) is 5.84 Å². The van der Waals surface area contributed by atoms with E-state index in [9.17, 15) is 0 Å². The first-order chi connectivity index (χ1) is 10.2. The summed E-state index contributed by atoms with van der Waals surface area (Å²) in [6.45, 7) is 0. The van der Waals surface area contributed by atoms with E-state index in [2.05, 4.69) is 10.4 Å². The molecule has 0 radical (unpaired) electrons. The van der Waals surface area contributed by atoms with E-state index < -0.39 is 0 Å². The van der Waals surface area contributed by atoms with Crippen LogP contribution in [0.25, 0.3) is 10.8 Å². The van der Waals surface area contributed by atoms with Crippen LogP contribution in [0.2, 0.25) is 10.0 Å². The van der Waals surface area contributed by atoms with Crippen LogP contribution in [0.5, 0.6) is 0 Å². The van der Waals surface area contributed by atoms with Crippen LogP contribution in [0.4, 0.5) is 0 Å². The van der Waals surface area contributed by atoms with Gasteiger partial charge < -0.3 is 0 Å². The first kappa shape index (κ1) is 14.3. The summed E-state index contributed by atoms with van der Waals surface area (Å²) in [5.74, 6) is 5.77. The third kappa shape index (κ3) is 2.74. The lowest BCUT2D eigenvalue weighted by Crippen LogP contribution is -2.29. The lowest BCUT2D eigenvalue weighted by atomic mass is 9.96. The number of nitrogens with two attached hydrogens (primary N) is 1. The predicted molar refractivity (Wildman–Crippen MR) is 87.4 cm³/mol. The van der Waals surface area contributed by atoms with Crippen molar-refractivity contribution in [1.82, 2.24) is 10.4 Å². The number of nitrogens with zero attached hydrogens (tertiary/aromatic N) is 1. The second kappa shape index (κ2) is 6.00. The molecule has 5 heteroatoms. The highest BCUT2D eigenvalue weighted by atomic mass is 35.5. The number of nitrogens with one attached hydrogen (secondary N) is 1. The van der Waals surface area contributed by atoms with E-state index in [0.29, 0.717) is 10.0 Å². The normalized spacial score (nSPS) is 12.5. The molecular formula is C16H13Cl2N3. The van der Waals surface area contributed by atoms with E-state index in [4.69, 9.17) is 29.0 Å². The summed E-state index contributed by atoms with van der Waals surface area (Å²) in [6.07, 6.45) is 3.62. The number of benzene rings is 2. The Bertz CT molecular complexity index is 784. The lowest BCUT2D eigenvalue weighted by Gasteiger charge is -2.20.